The highest BCUT2D eigenvalue weighted by atomic mass is 35.5. The first kappa shape index (κ1) is 15.4. The lowest BCUT2D eigenvalue weighted by Gasteiger charge is -2.17. The molecular weight excluding hydrogens is 286 g/mol. The van der Waals surface area contributed by atoms with Crippen molar-refractivity contribution in [2.24, 2.45) is 0 Å². The molecule has 0 heterocycles. The fourth-order valence-electron chi connectivity index (χ4n) is 1.92. The molecule has 0 aliphatic heterocycles. The molecule has 2 aromatic carbocycles. The molecule has 0 radical (unpaired) electrons. The lowest BCUT2D eigenvalue weighted by molar-refractivity contribution is -0.122. The second kappa shape index (κ2) is 7.14. The van der Waals surface area contributed by atoms with Gasteiger partial charge in [0.2, 0.25) is 0 Å². The number of hydrogen-bond donors (Lipinski definition) is 1. The predicted octanol–water partition coefficient (Wildman–Crippen LogP) is 4.44. The first-order valence-electron chi connectivity index (χ1n) is 6.89. The van der Waals surface area contributed by atoms with Crippen LogP contribution in [0.25, 0.3) is 0 Å². The van der Waals surface area contributed by atoms with Crippen LogP contribution in [-0.2, 0) is 4.79 Å². The number of halogens is 1. The summed E-state index contributed by atoms with van der Waals surface area (Å²) >= 11 is 5.99. The van der Waals surface area contributed by atoms with Gasteiger partial charge in [0.25, 0.3) is 5.91 Å². The number of anilines is 1. The van der Waals surface area contributed by atoms with Gasteiger partial charge in [0.05, 0.1) is 0 Å². The van der Waals surface area contributed by atoms with E-state index in [1.165, 1.54) is 0 Å². The lowest BCUT2D eigenvalue weighted by atomic mass is 10.2. The van der Waals surface area contributed by atoms with E-state index in [0.29, 0.717) is 17.2 Å². The highest BCUT2D eigenvalue weighted by molar-refractivity contribution is 6.31. The van der Waals surface area contributed by atoms with Crippen molar-refractivity contribution in [2.45, 2.75) is 26.4 Å². The van der Waals surface area contributed by atoms with Crippen molar-refractivity contribution < 1.29 is 9.53 Å². The van der Waals surface area contributed by atoms with Crippen molar-refractivity contribution in [1.82, 2.24) is 0 Å². The Bertz CT molecular complexity index is 613. The highest BCUT2D eigenvalue weighted by Crippen LogP contribution is 2.22. The summed E-state index contributed by atoms with van der Waals surface area (Å²) in [6.45, 7) is 3.82. The quantitative estimate of drug-likeness (QED) is 0.886. The number of ether oxygens (including phenoxy) is 1. The van der Waals surface area contributed by atoms with Crippen LogP contribution in [0, 0.1) is 6.92 Å². The third-order valence-corrected chi connectivity index (χ3v) is 3.54. The summed E-state index contributed by atoms with van der Waals surface area (Å²) in [5.41, 5.74) is 1.68. The third kappa shape index (κ3) is 4.23. The highest BCUT2D eigenvalue weighted by Gasteiger charge is 2.18. The number of para-hydroxylation sites is 1. The Kier molecular flexibility index (Phi) is 5.23. The summed E-state index contributed by atoms with van der Waals surface area (Å²) in [6, 6.07) is 14.7. The second-order valence-electron chi connectivity index (χ2n) is 4.78. The Morgan fingerprint density at radius 2 is 1.95 bits per heavy atom. The molecule has 0 aliphatic carbocycles. The van der Waals surface area contributed by atoms with Gasteiger partial charge < -0.3 is 10.1 Å². The Morgan fingerprint density at radius 3 is 2.57 bits per heavy atom. The molecule has 2 rings (SSSR count). The molecule has 0 aliphatic rings. The topological polar surface area (TPSA) is 38.3 Å². The van der Waals surface area contributed by atoms with Gasteiger partial charge in [-0.15, -0.1) is 0 Å². The minimum absolute atomic E-state index is 0.156. The Hall–Kier alpha value is -2.00. The third-order valence-electron chi connectivity index (χ3n) is 3.11. The van der Waals surface area contributed by atoms with E-state index in [4.69, 9.17) is 16.3 Å². The van der Waals surface area contributed by atoms with Gasteiger partial charge in [-0.25, -0.2) is 0 Å². The van der Waals surface area contributed by atoms with E-state index >= 15 is 0 Å². The van der Waals surface area contributed by atoms with E-state index in [0.717, 1.165) is 11.3 Å². The van der Waals surface area contributed by atoms with Crippen LogP contribution in [0.15, 0.2) is 48.5 Å². The number of nitrogens with one attached hydrogen (secondary N) is 1. The summed E-state index contributed by atoms with van der Waals surface area (Å²) in [5, 5.41) is 3.53. The van der Waals surface area contributed by atoms with E-state index in [-0.39, 0.29) is 5.91 Å². The molecule has 0 bridgehead atoms. The molecule has 0 fully saturated rings. The summed E-state index contributed by atoms with van der Waals surface area (Å²) in [7, 11) is 0. The van der Waals surface area contributed by atoms with Crippen LogP contribution in [0.1, 0.15) is 18.9 Å². The molecule has 1 atom stereocenters. The molecule has 0 spiro atoms. The Morgan fingerprint density at radius 1 is 1.24 bits per heavy atom. The molecule has 2 aromatic rings. The first-order valence-corrected chi connectivity index (χ1v) is 7.26. The van der Waals surface area contributed by atoms with E-state index in [2.05, 4.69) is 5.32 Å². The maximum absolute atomic E-state index is 12.2. The number of carbonyl (C=O) groups is 1. The monoisotopic (exact) mass is 303 g/mol. The van der Waals surface area contributed by atoms with Gasteiger partial charge >= 0.3 is 0 Å². The normalized spacial score (nSPS) is 11.8. The average Bonchev–Trinajstić information content (AvgIpc) is 2.49. The van der Waals surface area contributed by atoms with Crippen molar-refractivity contribution in [2.75, 3.05) is 5.32 Å². The minimum atomic E-state index is -0.536. The average molecular weight is 304 g/mol. The summed E-state index contributed by atoms with van der Waals surface area (Å²) < 4.78 is 5.76. The van der Waals surface area contributed by atoms with Crippen LogP contribution < -0.4 is 10.1 Å². The smallest absolute Gasteiger partial charge is 0.265 e. The van der Waals surface area contributed by atoms with E-state index in [1.54, 1.807) is 12.1 Å². The fourth-order valence-corrected chi connectivity index (χ4v) is 2.04. The lowest BCUT2D eigenvalue weighted by Crippen LogP contribution is -2.32. The van der Waals surface area contributed by atoms with Gasteiger partial charge in [-0.2, -0.15) is 0 Å². The van der Waals surface area contributed by atoms with Gasteiger partial charge in [0.15, 0.2) is 6.10 Å². The Balaban J connectivity index is 2.05. The van der Waals surface area contributed by atoms with Crippen LogP contribution in [0.4, 0.5) is 5.69 Å². The fraction of sp³-hybridized carbons (Fsp3) is 0.235. The van der Waals surface area contributed by atoms with Gasteiger partial charge in [0.1, 0.15) is 5.75 Å². The number of carbonyl (C=O) groups excluding carboxylic acids is 1. The molecule has 1 amide bonds. The zero-order chi connectivity index (χ0) is 15.2. The summed E-state index contributed by atoms with van der Waals surface area (Å²) in [6.07, 6.45) is 0.0474. The predicted molar refractivity (Wildman–Crippen MR) is 86.0 cm³/mol. The zero-order valence-electron chi connectivity index (χ0n) is 12.1. The molecule has 3 nitrogen and oxygen atoms in total. The first-order chi connectivity index (χ1) is 10.1. The molecule has 21 heavy (non-hydrogen) atoms. The van der Waals surface area contributed by atoms with Gasteiger partial charge in [-0.1, -0.05) is 36.7 Å². The standard InChI is InChI=1S/C17H18ClNO2/c1-3-16(17(20)19-13-7-5-4-6-8-13)21-14-9-10-15(18)12(2)11-14/h4-11,16H,3H2,1-2H3,(H,19,20). The van der Waals surface area contributed by atoms with Crippen molar-refractivity contribution in [1.29, 1.82) is 0 Å². The summed E-state index contributed by atoms with van der Waals surface area (Å²) in [4.78, 5) is 12.2. The molecule has 1 unspecified atom stereocenters. The SMILES string of the molecule is CCC(Oc1ccc(Cl)c(C)c1)C(=O)Nc1ccccc1. The van der Waals surface area contributed by atoms with Crippen LogP contribution in [0.3, 0.4) is 0 Å². The van der Waals surface area contributed by atoms with Crippen LogP contribution >= 0.6 is 11.6 Å². The second-order valence-corrected chi connectivity index (χ2v) is 5.19. The van der Waals surface area contributed by atoms with E-state index < -0.39 is 6.10 Å². The van der Waals surface area contributed by atoms with E-state index in [9.17, 15) is 4.79 Å². The summed E-state index contributed by atoms with van der Waals surface area (Å²) in [5.74, 6) is 0.489. The van der Waals surface area contributed by atoms with Crippen molar-refractivity contribution in [3.63, 3.8) is 0 Å². The maximum atomic E-state index is 12.2. The molecular formula is C17H18ClNO2. The molecule has 110 valence electrons. The molecule has 0 saturated heterocycles. The van der Waals surface area contributed by atoms with Crippen molar-refractivity contribution in [3.05, 3.63) is 59.1 Å². The number of benzene rings is 2. The van der Waals surface area contributed by atoms with Crippen LogP contribution in [0.2, 0.25) is 5.02 Å². The van der Waals surface area contributed by atoms with Gasteiger partial charge in [-0.3, -0.25) is 4.79 Å². The van der Waals surface area contributed by atoms with Crippen LogP contribution in [0.5, 0.6) is 5.75 Å². The molecule has 1 N–H and O–H groups in total. The maximum Gasteiger partial charge on any atom is 0.265 e. The number of rotatable bonds is 5. The van der Waals surface area contributed by atoms with Gasteiger partial charge in [-0.05, 0) is 49.2 Å². The molecule has 0 saturated carbocycles. The minimum Gasteiger partial charge on any atom is -0.481 e. The number of aryl methyl sites for hydroxylation is 1. The molecule has 4 heteroatoms. The zero-order valence-corrected chi connectivity index (χ0v) is 12.9. The van der Waals surface area contributed by atoms with Gasteiger partial charge in [0, 0.05) is 10.7 Å². The van der Waals surface area contributed by atoms with E-state index in [1.807, 2.05) is 50.2 Å². The largest absolute Gasteiger partial charge is 0.481 e. The Labute approximate surface area is 129 Å². The number of amides is 1. The van der Waals surface area contributed by atoms with Crippen molar-refractivity contribution in [3.8, 4) is 5.75 Å². The number of hydrogen-bond acceptors (Lipinski definition) is 2. The molecule has 0 aromatic heterocycles. The van der Waals surface area contributed by atoms with Crippen molar-refractivity contribution >= 4 is 23.2 Å². The van der Waals surface area contributed by atoms with Crippen LogP contribution in [-0.4, -0.2) is 12.0 Å².